The second-order valence-corrected chi connectivity index (χ2v) is 10.5. The maximum atomic E-state index is 13.2. The number of rotatable bonds is 6. The maximum Gasteiger partial charge on any atom is 0.251 e. The van der Waals surface area contributed by atoms with E-state index in [2.05, 4.69) is 36.9 Å². The minimum Gasteiger partial charge on any atom is -0.351 e. The Morgan fingerprint density at radius 3 is 2.74 bits per heavy atom. The van der Waals surface area contributed by atoms with Gasteiger partial charge in [-0.2, -0.15) is 0 Å². The van der Waals surface area contributed by atoms with Gasteiger partial charge in [0.1, 0.15) is 11.6 Å². The number of nitrogens with zero attached hydrogens (tertiary/aromatic N) is 6. The van der Waals surface area contributed by atoms with Crippen molar-refractivity contribution in [2.45, 2.75) is 56.7 Å². The van der Waals surface area contributed by atoms with Crippen LogP contribution >= 0.6 is 0 Å². The predicted molar refractivity (Wildman–Crippen MR) is 146 cm³/mol. The summed E-state index contributed by atoms with van der Waals surface area (Å²) in [5.74, 6) is 2.18. The van der Waals surface area contributed by atoms with Crippen molar-refractivity contribution in [1.82, 2.24) is 35.4 Å². The van der Waals surface area contributed by atoms with Crippen LogP contribution in [-0.4, -0.2) is 61.9 Å². The van der Waals surface area contributed by atoms with Crippen molar-refractivity contribution in [1.29, 1.82) is 0 Å². The first-order valence-electron chi connectivity index (χ1n) is 13.5. The van der Waals surface area contributed by atoms with Crippen LogP contribution < -0.4 is 20.9 Å². The van der Waals surface area contributed by atoms with E-state index in [1.54, 1.807) is 18.6 Å². The summed E-state index contributed by atoms with van der Waals surface area (Å²) in [7, 11) is 0. The molecule has 4 aromatic rings. The number of fused-ring (bicyclic) bond motifs is 3. The molecule has 0 unspecified atom stereocenters. The van der Waals surface area contributed by atoms with Crippen LogP contribution in [0.1, 0.15) is 48.9 Å². The van der Waals surface area contributed by atoms with Gasteiger partial charge in [0.25, 0.3) is 5.91 Å². The van der Waals surface area contributed by atoms with Crippen LogP contribution in [-0.2, 0) is 0 Å². The summed E-state index contributed by atoms with van der Waals surface area (Å²) in [4.78, 5) is 28.8. The van der Waals surface area contributed by atoms with E-state index in [0.29, 0.717) is 29.3 Å². The van der Waals surface area contributed by atoms with Gasteiger partial charge in [0.2, 0.25) is 0 Å². The Balaban J connectivity index is 1.27. The largest absolute Gasteiger partial charge is 0.351 e. The second kappa shape index (κ2) is 9.68. The van der Waals surface area contributed by atoms with Gasteiger partial charge in [-0.25, -0.2) is 14.6 Å². The lowest BCUT2D eigenvalue weighted by molar-refractivity contribution is 0.0928. The second-order valence-electron chi connectivity index (χ2n) is 10.5. The van der Waals surface area contributed by atoms with Crippen LogP contribution in [0.15, 0.2) is 55.1 Å². The first-order chi connectivity index (χ1) is 18.7. The van der Waals surface area contributed by atoms with Gasteiger partial charge in [-0.3, -0.25) is 9.78 Å². The van der Waals surface area contributed by atoms with Crippen molar-refractivity contribution in [2.24, 2.45) is 0 Å². The molecule has 38 heavy (non-hydrogen) atoms. The summed E-state index contributed by atoms with van der Waals surface area (Å²) in [5, 5.41) is 15.9. The summed E-state index contributed by atoms with van der Waals surface area (Å²) in [6.45, 7) is 1.96. The zero-order valence-corrected chi connectivity index (χ0v) is 21.2. The van der Waals surface area contributed by atoms with Crippen molar-refractivity contribution < 1.29 is 4.79 Å². The number of benzene rings is 1. The summed E-state index contributed by atoms with van der Waals surface area (Å²) < 4.78 is 1.89. The van der Waals surface area contributed by atoms with Gasteiger partial charge in [-0.1, -0.05) is 19.3 Å². The van der Waals surface area contributed by atoms with Crippen molar-refractivity contribution in [2.75, 3.05) is 23.3 Å². The number of anilines is 3. The lowest BCUT2D eigenvalue weighted by Crippen LogP contribution is -2.44. The van der Waals surface area contributed by atoms with Gasteiger partial charge in [-0.15, -0.1) is 5.10 Å². The molecule has 2 atom stereocenters. The minimum absolute atomic E-state index is 0.0361. The van der Waals surface area contributed by atoms with E-state index in [1.807, 2.05) is 35.1 Å². The number of piperazine rings is 1. The van der Waals surface area contributed by atoms with Crippen molar-refractivity contribution in [3.8, 4) is 5.69 Å². The molecule has 2 bridgehead atoms. The first kappa shape index (κ1) is 23.1. The number of carbonyl (C=O) groups is 1. The van der Waals surface area contributed by atoms with Crippen LogP contribution in [0.25, 0.3) is 16.6 Å². The van der Waals surface area contributed by atoms with Crippen LogP contribution in [0.4, 0.5) is 17.5 Å². The number of pyridine rings is 1. The van der Waals surface area contributed by atoms with E-state index >= 15 is 0 Å². The molecule has 0 radical (unpaired) electrons. The van der Waals surface area contributed by atoms with E-state index in [1.165, 1.54) is 19.3 Å². The highest BCUT2D eigenvalue weighted by molar-refractivity contribution is 6.01. The van der Waals surface area contributed by atoms with E-state index in [-0.39, 0.29) is 11.9 Å². The average molecular weight is 510 g/mol. The van der Waals surface area contributed by atoms with E-state index in [4.69, 9.17) is 10.1 Å². The van der Waals surface area contributed by atoms with Gasteiger partial charge >= 0.3 is 0 Å². The predicted octanol–water partition coefficient (Wildman–Crippen LogP) is 3.57. The third kappa shape index (κ3) is 4.34. The number of nitrogens with one attached hydrogen (secondary N) is 3. The molecule has 3 N–H and O–H groups in total. The van der Waals surface area contributed by atoms with E-state index in [0.717, 1.165) is 54.8 Å². The molecule has 5 heterocycles. The Kier molecular flexibility index (Phi) is 5.88. The highest BCUT2D eigenvalue weighted by Gasteiger charge is 2.38. The molecular formula is C28H31N9O. The van der Waals surface area contributed by atoms with Gasteiger partial charge in [0.15, 0.2) is 5.82 Å². The smallest absolute Gasteiger partial charge is 0.251 e. The molecule has 194 valence electrons. The van der Waals surface area contributed by atoms with Gasteiger partial charge in [0.05, 0.1) is 17.4 Å². The third-order valence-corrected chi connectivity index (χ3v) is 8.02. The molecule has 10 heteroatoms. The molecule has 3 aromatic heterocycles. The average Bonchev–Trinajstić information content (AvgIpc) is 3.69. The fourth-order valence-corrected chi connectivity index (χ4v) is 6.08. The van der Waals surface area contributed by atoms with Gasteiger partial charge in [-0.05, 0) is 43.5 Å². The molecule has 0 spiro atoms. The standard InChI is InChI=1S/C28H31N9O/c38-28(33-19-4-2-1-3-5-19)18-6-7-23-24(12-18)37(35-27(23)34-25-16-29-10-11-30-25)21-8-9-31-26(14-21)36-17-20-13-22(36)15-32-20/h6-12,14,16,19-20,22,32H,1-5,13,15,17H2,(H,33,38)(H,30,34,35)/t20-,22-/m0/s1. The Morgan fingerprint density at radius 1 is 1.03 bits per heavy atom. The van der Waals surface area contributed by atoms with Crippen LogP contribution in [0.5, 0.6) is 0 Å². The lowest BCUT2D eigenvalue weighted by Gasteiger charge is -2.28. The lowest BCUT2D eigenvalue weighted by atomic mass is 9.95. The molecule has 10 nitrogen and oxygen atoms in total. The van der Waals surface area contributed by atoms with Crippen molar-refractivity contribution in [3.05, 3.63) is 60.7 Å². The normalized spacial score (nSPS) is 21.2. The third-order valence-electron chi connectivity index (χ3n) is 8.02. The Labute approximate surface area is 220 Å². The van der Waals surface area contributed by atoms with E-state index in [9.17, 15) is 4.79 Å². The van der Waals surface area contributed by atoms with Gasteiger partial charge < -0.3 is 20.9 Å². The fraction of sp³-hybridized carbons (Fsp3) is 0.393. The topological polar surface area (TPSA) is 113 Å². The SMILES string of the molecule is O=C(NC1CCCCC1)c1ccc2c(Nc3cnccn3)nn(-c3ccnc(N4C[C@@H]5C[C@H]4CN5)c3)c2c1. The number of amides is 1. The molecule has 7 rings (SSSR count). The van der Waals surface area contributed by atoms with Crippen LogP contribution in [0.3, 0.4) is 0 Å². The van der Waals surface area contributed by atoms with Gasteiger partial charge in [0, 0.05) is 66.8 Å². The van der Waals surface area contributed by atoms with Crippen molar-refractivity contribution >= 4 is 34.3 Å². The van der Waals surface area contributed by atoms with Crippen molar-refractivity contribution in [3.63, 3.8) is 0 Å². The highest BCUT2D eigenvalue weighted by atomic mass is 16.1. The number of hydrogen-bond donors (Lipinski definition) is 3. The number of aromatic nitrogens is 5. The maximum absolute atomic E-state index is 13.2. The fourth-order valence-electron chi connectivity index (χ4n) is 6.08. The summed E-state index contributed by atoms with van der Waals surface area (Å²) in [6.07, 6.45) is 13.6. The van der Waals surface area contributed by atoms with E-state index < -0.39 is 0 Å². The highest BCUT2D eigenvalue weighted by Crippen LogP contribution is 2.32. The minimum atomic E-state index is -0.0361. The van der Waals surface area contributed by atoms with Crippen LogP contribution in [0, 0.1) is 0 Å². The Hall–Kier alpha value is -4.05. The molecule has 2 saturated heterocycles. The molecular weight excluding hydrogens is 478 g/mol. The molecule has 1 amide bonds. The summed E-state index contributed by atoms with van der Waals surface area (Å²) >= 11 is 0. The molecule has 1 aromatic carbocycles. The zero-order chi connectivity index (χ0) is 25.5. The Bertz CT molecular complexity index is 1460. The summed E-state index contributed by atoms with van der Waals surface area (Å²) in [5.41, 5.74) is 2.37. The monoisotopic (exact) mass is 509 g/mol. The van der Waals surface area contributed by atoms with Crippen LogP contribution in [0.2, 0.25) is 0 Å². The molecule has 3 fully saturated rings. The quantitative estimate of drug-likeness (QED) is 0.362. The number of carbonyl (C=O) groups excluding carboxylic acids is 1. The molecule has 1 saturated carbocycles. The summed E-state index contributed by atoms with van der Waals surface area (Å²) in [6, 6.07) is 11.1. The molecule has 3 aliphatic rings. The molecule has 2 aliphatic heterocycles. The first-order valence-corrected chi connectivity index (χ1v) is 13.5. The zero-order valence-electron chi connectivity index (χ0n) is 21.2. The molecule has 1 aliphatic carbocycles. The Morgan fingerprint density at radius 2 is 1.95 bits per heavy atom. The number of hydrogen-bond acceptors (Lipinski definition) is 8.